The molecule has 0 saturated heterocycles. The standard InChI is InChI=1S/C23H25FN4O/c1-3-14-28(15-4-2)23(29)17-8-10-20(11-9-17)26-21-12-13-25-22(27-21)18-6-5-7-19(24)16-18/h5-13,16H,3-4,14-15H2,1-2H3,(H,25,26,27). The third-order valence-corrected chi connectivity index (χ3v) is 4.42. The van der Waals surface area contributed by atoms with Gasteiger partial charge in [0.1, 0.15) is 11.6 Å². The van der Waals surface area contributed by atoms with Crippen molar-refractivity contribution in [2.75, 3.05) is 18.4 Å². The molecule has 6 heteroatoms. The van der Waals surface area contributed by atoms with Gasteiger partial charge in [0.05, 0.1) is 0 Å². The fourth-order valence-electron chi connectivity index (χ4n) is 3.08. The van der Waals surface area contributed by atoms with Crippen molar-refractivity contribution in [2.45, 2.75) is 26.7 Å². The highest BCUT2D eigenvalue weighted by molar-refractivity contribution is 5.94. The van der Waals surface area contributed by atoms with Gasteiger partial charge in [-0.2, -0.15) is 0 Å². The van der Waals surface area contributed by atoms with Crippen LogP contribution in [0.2, 0.25) is 0 Å². The van der Waals surface area contributed by atoms with Crippen LogP contribution in [-0.2, 0) is 0 Å². The fourth-order valence-corrected chi connectivity index (χ4v) is 3.08. The number of nitrogens with one attached hydrogen (secondary N) is 1. The van der Waals surface area contributed by atoms with Crippen LogP contribution in [-0.4, -0.2) is 33.9 Å². The van der Waals surface area contributed by atoms with Crippen molar-refractivity contribution < 1.29 is 9.18 Å². The molecule has 150 valence electrons. The third-order valence-electron chi connectivity index (χ3n) is 4.42. The molecule has 0 aliphatic heterocycles. The average Bonchev–Trinajstić information content (AvgIpc) is 2.74. The molecule has 0 unspecified atom stereocenters. The minimum absolute atomic E-state index is 0.0516. The topological polar surface area (TPSA) is 58.1 Å². The van der Waals surface area contributed by atoms with E-state index in [1.54, 1.807) is 24.4 Å². The maximum Gasteiger partial charge on any atom is 0.253 e. The number of amides is 1. The molecule has 1 N–H and O–H groups in total. The van der Waals surface area contributed by atoms with Gasteiger partial charge in [-0.15, -0.1) is 0 Å². The van der Waals surface area contributed by atoms with Gasteiger partial charge in [-0.25, -0.2) is 14.4 Å². The van der Waals surface area contributed by atoms with E-state index < -0.39 is 0 Å². The van der Waals surface area contributed by atoms with Gasteiger partial charge < -0.3 is 10.2 Å². The van der Waals surface area contributed by atoms with Crippen molar-refractivity contribution in [3.05, 3.63) is 72.2 Å². The maximum atomic E-state index is 13.5. The number of nitrogens with zero attached hydrogens (tertiary/aromatic N) is 3. The van der Waals surface area contributed by atoms with Crippen LogP contribution < -0.4 is 5.32 Å². The zero-order chi connectivity index (χ0) is 20.6. The van der Waals surface area contributed by atoms with Gasteiger partial charge in [-0.05, 0) is 55.3 Å². The van der Waals surface area contributed by atoms with E-state index in [0.717, 1.165) is 31.6 Å². The summed E-state index contributed by atoms with van der Waals surface area (Å²) in [5, 5.41) is 3.20. The van der Waals surface area contributed by atoms with E-state index in [9.17, 15) is 9.18 Å². The number of anilines is 2. The van der Waals surface area contributed by atoms with Gasteiger partial charge in [0.15, 0.2) is 5.82 Å². The minimum atomic E-state index is -0.329. The number of rotatable bonds is 8. The van der Waals surface area contributed by atoms with Crippen molar-refractivity contribution in [1.82, 2.24) is 14.9 Å². The van der Waals surface area contributed by atoms with Gasteiger partial charge in [0.25, 0.3) is 5.91 Å². The van der Waals surface area contributed by atoms with E-state index in [-0.39, 0.29) is 11.7 Å². The van der Waals surface area contributed by atoms with Crippen LogP contribution in [0.25, 0.3) is 11.4 Å². The number of carbonyl (C=O) groups is 1. The SMILES string of the molecule is CCCN(CCC)C(=O)c1ccc(Nc2ccnc(-c3cccc(F)c3)n2)cc1. The van der Waals surface area contributed by atoms with E-state index in [2.05, 4.69) is 29.1 Å². The number of hydrogen-bond acceptors (Lipinski definition) is 4. The van der Waals surface area contributed by atoms with Crippen molar-refractivity contribution in [3.63, 3.8) is 0 Å². The Hall–Kier alpha value is -3.28. The molecular formula is C23H25FN4O. The van der Waals surface area contributed by atoms with Crippen LogP contribution in [0, 0.1) is 5.82 Å². The molecule has 1 amide bonds. The van der Waals surface area contributed by atoms with Gasteiger partial charge in [0.2, 0.25) is 0 Å². The molecule has 0 bridgehead atoms. The second-order valence-electron chi connectivity index (χ2n) is 6.77. The summed E-state index contributed by atoms with van der Waals surface area (Å²) in [7, 11) is 0. The lowest BCUT2D eigenvalue weighted by molar-refractivity contribution is 0.0755. The summed E-state index contributed by atoms with van der Waals surface area (Å²) in [6.07, 6.45) is 3.50. The largest absolute Gasteiger partial charge is 0.340 e. The van der Waals surface area contributed by atoms with Crippen molar-refractivity contribution >= 4 is 17.4 Å². The first-order valence-corrected chi connectivity index (χ1v) is 9.86. The highest BCUT2D eigenvalue weighted by atomic mass is 19.1. The monoisotopic (exact) mass is 392 g/mol. The smallest absolute Gasteiger partial charge is 0.253 e. The summed E-state index contributed by atoms with van der Waals surface area (Å²) in [5.41, 5.74) is 2.09. The molecule has 1 heterocycles. The lowest BCUT2D eigenvalue weighted by Crippen LogP contribution is -2.32. The van der Waals surface area contributed by atoms with Crippen molar-refractivity contribution in [1.29, 1.82) is 0 Å². The molecule has 0 atom stereocenters. The first-order valence-electron chi connectivity index (χ1n) is 9.86. The van der Waals surface area contributed by atoms with E-state index >= 15 is 0 Å². The number of benzene rings is 2. The van der Waals surface area contributed by atoms with E-state index in [1.165, 1.54) is 12.1 Å². The third kappa shape index (κ3) is 5.38. The summed E-state index contributed by atoms with van der Waals surface area (Å²) in [6, 6.07) is 15.3. The Morgan fingerprint density at radius 3 is 2.41 bits per heavy atom. The molecule has 2 aromatic carbocycles. The summed E-state index contributed by atoms with van der Waals surface area (Å²) in [4.78, 5) is 23.2. The van der Waals surface area contributed by atoms with Crippen LogP contribution in [0.3, 0.4) is 0 Å². The van der Waals surface area contributed by atoms with Crippen LogP contribution in [0.1, 0.15) is 37.0 Å². The summed E-state index contributed by atoms with van der Waals surface area (Å²) in [5.74, 6) is 0.758. The van der Waals surface area contributed by atoms with Crippen LogP contribution >= 0.6 is 0 Å². The molecule has 29 heavy (non-hydrogen) atoms. The number of hydrogen-bond donors (Lipinski definition) is 1. The fraction of sp³-hybridized carbons (Fsp3) is 0.261. The van der Waals surface area contributed by atoms with Gasteiger partial charge in [-0.1, -0.05) is 26.0 Å². The molecular weight excluding hydrogens is 367 g/mol. The zero-order valence-corrected chi connectivity index (χ0v) is 16.7. The first kappa shape index (κ1) is 20.5. The molecule has 0 aliphatic carbocycles. The molecule has 3 rings (SSSR count). The summed E-state index contributed by atoms with van der Waals surface area (Å²) < 4.78 is 13.5. The first-order chi connectivity index (χ1) is 14.1. The van der Waals surface area contributed by atoms with E-state index in [4.69, 9.17) is 0 Å². The number of carbonyl (C=O) groups excluding carboxylic acids is 1. The van der Waals surface area contributed by atoms with E-state index in [0.29, 0.717) is 22.8 Å². The highest BCUT2D eigenvalue weighted by Gasteiger charge is 2.14. The Labute approximate surface area is 170 Å². The minimum Gasteiger partial charge on any atom is -0.340 e. The Bertz CT molecular complexity index is 953. The Balaban J connectivity index is 1.73. The number of aromatic nitrogens is 2. The van der Waals surface area contributed by atoms with Crippen LogP contribution in [0.4, 0.5) is 15.9 Å². The normalized spacial score (nSPS) is 10.6. The van der Waals surface area contributed by atoms with Gasteiger partial charge in [0, 0.05) is 36.1 Å². The molecule has 0 spiro atoms. The molecule has 0 saturated carbocycles. The highest BCUT2D eigenvalue weighted by Crippen LogP contribution is 2.20. The second-order valence-corrected chi connectivity index (χ2v) is 6.77. The van der Waals surface area contributed by atoms with Crippen LogP contribution in [0.5, 0.6) is 0 Å². The zero-order valence-electron chi connectivity index (χ0n) is 16.7. The van der Waals surface area contributed by atoms with E-state index in [1.807, 2.05) is 29.2 Å². The molecule has 5 nitrogen and oxygen atoms in total. The molecule has 3 aromatic rings. The second kappa shape index (κ2) is 9.78. The molecule has 1 aromatic heterocycles. The summed E-state index contributed by atoms with van der Waals surface area (Å²) >= 11 is 0. The number of halogens is 1. The predicted molar refractivity (Wildman–Crippen MR) is 114 cm³/mol. The van der Waals surface area contributed by atoms with Crippen molar-refractivity contribution in [3.8, 4) is 11.4 Å². The quantitative estimate of drug-likeness (QED) is 0.566. The average molecular weight is 392 g/mol. The lowest BCUT2D eigenvalue weighted by atomic mass is 10.1. The maximum absolute atomic E-state index is 13.5. The molecule has 0 radical (unpaired) electrons. The Kier molecular flexibility index (Phi) is 6.89. The Morgan fingerprint density at radius 2 is 1.76 bits per heavy atom. The van der Waals surface area contributed by atoms with Crippen LogP contribution in [0.15, 0.2) is 60.8 Å². The molecule has 0 aliphatic rings. The Morgan fingerprint density at radius 1 is 1.03 bits per heavy atom. The predicted octanol–water partition coefficient (Wildman–Crippen LogP) is 5.29. The summed E-state index contributed by atoms with van der Waals surface area (Å²) in [6.45, 7) is 5.67. The van der Waals surface area contributed by atoms with Gasteiger partial charge >= 0.3 is 0 Å². The van der Waals surface area contributed by atoms with Crippen molar-refractivity contribution in [2.24, 2.45) is 0 Å². The lowest BCUT2D eigenvalue weighted by Gasteiger charge is -2.21. The molecule has 0 fully saturated rings. The van der Waals surface area contributed by atoms with Gasteiger partial charge in [-0.3, -0.25) is 4.79 Å².